The molecule has 60 valence electrons. The Hall–Kier alpha value is -0.640. The van der Waals surface area contributed by atoms with Crippen LogP contribution in [0.15, 0.2) is 18.2 Å². The van der Waals surface area contributed by atoms with Gasteiger partial charge in [0.15, 0.2) is 0 Å². The Morgan fingerprint density at radius 3 is 2.91 bits per heavy atom. The lowest BCUT2D eigenvalue weighted by molar-refractivity contribution is 0.182. The van der Waals surface area contributed by atoms with Crippen LogP contribution in [0.25, 0.3) is 0 Å². The van der Waals surface area contributed by atoms with E-state index in [9.17, 15) is 5.11 Å². The fourth-order valence-corrected chi connectivity index (χ4v) is 0.901. The van der Waals surface area contributed by atoms with E-state index in [1.54, 1.807) is 18.2 Å². The molecule has 1 rings (SSSR count). The Morgan fingerprint density at radius 1 is 1.64 bits per heavy atom. The van der Waals surface area contributed by atoms with Crippen molar-refractivity contribution >= 4 is 11.6 Å². The minimum atomic E-state index is -0.714. The van der Waals surface area contributed by atoms with Gasteiger partial charge in [-0.2, -0.15) is 0 Å². The minimum absolute atomic E-state index is 0.160. The van der Waals surface area contributed by atoms with Gasteiger partial charge in [0, 0.05) is 6.54 Å². The molecule has 0 amide bonds. The molecule has 0 aliphatic heterocycles. The number of aliphatic hydroxyl groups excluding tert-OH is 1. The molecule has 1 aromatic heterocycles. The van der Waals surface area contributed by atoms with E-state index in [4.69, 9.17) is 17.3 Å². The number of pyridine rings is 1. The third-order valence-electron chi connectivity index (χ3n) is 1.30. The number of halogens is 1. The maximum absolute atomic E-state index is 9.21. The number of aliphatic hydroxyl groups is 1. The van der Waals surface area contributed by atoms with Crippen LogP contribution in [-0.2, 0) is 0 Å². The highest BCUT2D eigenvalue weighted by Gasteiger charge is 2.05. The SMILES string of the molecule is NC[C@@H](O)c1cccc(Cl)n1. The molecule has 0 unspecified atom stereocenters. The van der Waals surface area contributed by atoms with Crippen molar-refractivity contribution in [2.75, 3.05) is 6.54 Å². The van der Waals surface area contributed by atoms with Crippen molar-refractivity contribution in [2.24, 2.45) is 5.73 Å². The van der Waals surface area contributed by atoms with Crippen molar-refractivity contribution in [3.05, 3.63) is 29.0 Å². The molecular weight excluding hydrogens is 164 g/mol. The molecule has 0 saturated heterocycles. The molecule has 3 N–H and O–H groups in total. The van der Waals surface area contributed by atoms with E-state index in [-0.39, 0.29) is 6.54 Å². The summed E-state index contributed by atoms with van der Waals surface area (Å²) in [5.41, 5.74) is 5.73. The van der Waals surface area contributed by atoms with Crippen LogP contribution in [-0.4, -0.2) is 16.6 Å². The van der Waals surface area contributed by atoms with E-state index in [2.05, 4.69) is 4.98 Å². The number of nitrogens with zero attached hydrogens (tertiary/aromatic N) is 1. The summed E-state index contributed by atoms with van der Waals surface area (Å²) in [6, 6.07) is 5.06. The fourth-order valence-electron chi connectivity index (χ4n) is 0.730. The van der Waals surface area contributed by atoms with Gasteiger partial charge in [0.25, 0.3) is 0 Å². The molecule has 0 aliphatic carbocycles. The minimum Gasteiger partial charge on any atom is -0.385 e. The molecule has 11 heavy (non-hydrogen) atoms. The third-order valence-corrected chi connectivity index (χ3v) is 1.51. The number of nitrogens with two attached hydrogens (primary N) is 1. The van der Waals surface area contributed by atoms with Crippen molar-refractivity contribution in [3.8, 4) is 0 Å². The van der Waals surface area contributed by atoms with E-state index in [1.165, 1.54) is 0 Å². The molecule has 0 aromatic carbocycles. The van der Waals surface area contributed by atoms with Crippen LogP contribution in [0.5, 0.6) is 0 Å². The Balaban J connectivity index is 2.86. The monoisotopic (exact) mass is 172 g/mol. The lowest BCUT2D eigenvalue weighted by Crippen LogP contribution is -2.12. The first-order chi connectivity index (χ1) is 5.24. The summed E-state index contributed by atoms with van der Waals surface area (Å²) in [5, 5.41) is 9.58. The molecule has 1 atom stereocenters. The molecule has 3 nitrogen and oxygen atoms in total. The average Bonchev–Trinajstić information content (AvgIpc) is 2.03. The summed E-state index contributed by atoms with van der Waals surface area (Å²) in [5.74, 6) is 0. The maximum atomic E-state index is 9.21. The molecule has 0 aliphatic rings. The van der Waals surface area contributed by atoms with Crippen molar-refractivity contribution in [1.29, 1.82) is 0 Å². The summed E-state index contributed by atoms with van der Waals surface area (Å²) in [6.45, 7) is 0.160. The average molecular weight is 173 g/mol. The standard InChI is InChI=1S/C7H9ClN2O/c8-7-3-1-2-5(10-7)6(11)4-9/h1-3,6,11H,4,9H2/t6-/m1/s1. The van der Waals surface area contributed by atoms with Crippen molar-refractivity contribution in [3.63, 3.8) is 0 Å². The van der Waals surface area contributed by atoms with Gasteiger partial charge in [0.2, 0.25) is 0 Å². The molecule has 4 heteroatoms. The molecule has 0 saturated carbocycles. The normalized spacial score (nSPS) is 13.0. The zero-order valence-electron chi connectivity index (χ0n) is 5.87. The quantitative estimate of drug-likeness (QED) is 0.647. The van der Waals surface area contributed by atoms with E-state index >= 15 is 0 Å². The lowest BCUT2D eigenvalue weighted by atomic mass is 10.2. The van der Waals surface area contributed by atoms with Crippen molar-refractivity contribution in [2.45, 2.75) is 6.10 Å². The van der Waals surface area contributed by atoms with E-state index in [0.717, 1.165) is 0 Å². The van der Waals surface area contributed by atoms with E-state index < -0.39 is 6.10 Å². The first kappa shape index (κ1) is 8.46. The highest BCUT2D eigenvalue weighted by atomic mass is 35.5. The van der Waals surface area contributed by atoms with Gasteiger partial charge in [0.1, 0.15) is 11.3 Å². The predicted molar refractivity (Wildman–Crippen MR) is 43.3 cm³/mol. The van der Waals surface area contributed by atoms with Crippen molar-refractivity contribution in [1.82, 2.24) is 4.98 Å². The van der Waals surface area contributed by atoms with Gasteiger partial charge < -0.3 is 10.8 Å². The van der Waals surface area contributed by atoms with Gasteiger partial charge in [-0.1, -0.05) is 17.7 Å². The Morgan fingerprint density at radius 2 is 2.36 bits per heavy atom. The van der Waals surface area contributed by atoms with Crippen LogP contribution in [0, 0.1) is 0 Å². The lowest BCUT2D eigenvalue weighted by Gasteiger charge is -2.05. The molecular formula is C7H9ClN2O. The van der Waals surface area contributed by atoms with Crippen LogP contribution < -0.4 is 5.73 Å². The third kappa shape index (κ3) is 2.15. The number of rotatable bonds is 2. The largest absolute Gasteiger partial charge is 0.385 e. The van der Waals surface area contributed by atoms with Gasteiger partial charge in [-0.15, -0.1) is 0 Å². The summed E-state index contributed by atoms with van der Waals surface area (Å²) >= 11 is 5.58. The van der Waals surface area contributed by atoms with E-state index in [1.807, 2.05) is 0 Å². The van der Waals surface area contributed by atoms with Gasteiger partial charge in [0.05, 0.1) is 5.69 Å². The second-order valence-electron chi connectivity index (χ2n) is 2.14. The van der Waals surface area contributed by atoms with Crippen LogP contribution in [0.1, 0.15) is 11.8 Å². The Bertz CT molecular complexity index is 242. The molecule has 0 radical (unpaired) electrons. The van der Waals surface area contributed by atoms with Gasteiger partial charge in [-0.05, 0) is 12.1 Å². The second-order valence-corrected chi connectivity index (χ2v) is 2.52. The first-order valence-corrected chi connectivity index (χ1v) is 3.62. The summed E-state index contributed by atoms with van der Waals surface area (Å²) < 4.78 is 0. The fraction of sp³-hybridized carbons (Fsp3) is 0.286. The van der Waals surface area contributed by atoms with Gasteiger partial charge in [-0.25, -0.2) is 4.98 Å². The molecule has 0 bridgehead atoms. The first-order valence-electron chi connectivity index (χ1n) is 3.24. The smallest absolute Gasteiger partial charge is 0.129 e. The molecule has 1 heterocycles. The Labute approximate surface area is 69.8 Å². The van der Waals surface area contributed by atoms with Gasteiger partial charge >= 0.3 is 0 Å². The summed E-state index contributed by atoms with van der Waals surface area (Å²) in [6.07, 6.45) is -0.714. The van der Waals surface area contributed by atoms with Crippen LogP contribution in [0.2, 0.25) is 5.15 Å². The van der Waals surface area contributed by atoms with E-state index in [0.29, 0.717) is 10.8 Å². The maximum Gasteiger partial charge on any atom is 0.129 e. The topological polar surface area (TPSA) is 59.1 Å². The van der Waals surface area contributed by atoms with Crippen LogP contribution in [0.3, 0.4) is 0 Å². The molecule has 1 aromatic rings. The number of aromatic nitrogens is 1. The molecule has 0 spiro atoms. The number of hydrogen-bond acceptors (Lipinski definition) is 3. The highest BCUT2D eigenvalue weighted by Crippen LogP contribution is 2.11. The van der Waals surface area contributed by atoms with Crippen molar-refractivity contribution < 1.29 is 5.11 Å². The second kappa shape index (κ2) is 3.67. The van der Waals surface area contributed by atoms with Crippen LogP contribution >= 0.6 is 11.6 Å². The summed E-state index contributed by atoms with van der Waals surface area (Å²) in [4.78, 5) is 3.88. The highest BCUT2D eigenvalue weighted by molar-refractivity contribution is 6.29. The Kier molecular flexibility index (Phi) is 2.82. The number of hydrogen-bond donors (Lipinski definition) is 2. The van der Waals surface area contributed by atoms with Crippen LogP contribution in [0.4, 0.5) is 0 Å². The predicted octanol–water partition coefficient (Wildman–Crippen LogP) is 0.727. The zero-order chi connectivity index (χ0) is 8.27. The zero-order valence-corrected chi connectivity index (χ0v) is 6.62. The molecule has 0 fully saturated rings. The summed E-state index contributed by atoms with van der Waals surface area (Å²) in [7, 11) is 0. The van der Waals surface area contributed by atoms with Gasteiger partial charge in [-0.3, -0.25) is 0 Å².